The van der Waals surface area contributed by atoms with Crippen LogP contribution < -0.4 is 16.0 Å². The van der Waals surface area contributed by atoms with Crippen LogP contribution in [0.5, 0.6) is 0 Å². The molecule has 0 atom stereocenters. The standard InChI is InChI=1S/C17H27FN4O/c1-5-19-16(21-12-15(23)22-17(2,3)4)20-11-10-13-8-6-7-9-14(13)18/h6-9H,5,10-12H2,1-4H3,(H,22,23)(H2,19,20,21). The highest BCUT2D eigenvalue weighted by Crippen LogP contribution is 2.06. The summed E-state index contributed by atoms with van der Waals surface area (Å²) in [7, 11) is 0. The molecule has 23 heavy (non-hydrogen) atoms. The first-order chi connectivity index (χ1) is 10.8. The van der Waals surface area contributed by atoms with Gasteiger partial charge in [-0.15, -0.1) is 0 Å². The highest BCUT2D eigenvalue weighted by Gasteiger charge is 2.13. The van der Waals surface area contributed by atoms with Gasteiger partial charge in [0.15, 0.2) is 5.96 Å². The fourth-order valence-electron chi connectivity index (χ4n) is 1.97. The number of amides is 1. The molecule has 0 radical (unpaired) electrons. The molecule has 1 rings (SSSR count). The fraction of sp³-hybridized carbons (Fsp3) is 0.529. The minimum absolute atomic E-state index is 0.0479. The van der Waals surface area contributed by atoms with Crippen LogP contribution in [0.25, 0.3) is 0 Å². The van der Waals surface area contributed by atoms with Crippen LogP contribution in [0.15, 0.2) is 29.3 Å². The topological polar surface area (TPSA) is 65.5 Å². The average Bonchev–Trinajstić information content (AvgIpc) is 2.45. The summed E-state index contributed by atoms with van der Waals surface area (Å²) in [5, 5.41) is 9.03. The Morgan fingerprint density at radius 2 is 1.91 bits per heavy atom. The van der Waals surface area contributed by atoms with E-state index in [9.17, 15) is 9.18 Å². The Morgan fingerprint density at radius 3 is 2.52 bits per heavy atom. The van der Waals surface area contributed by atoms with E-state index in [1.54, 1.807) is 12.1 Å². The molecule has 0 spiro atoms. The maximum atomic E-state index is 13.5. The van der Waals surface area contributed by atoms with Crippen molar-refractivity contribution >= 4 is 11.9 Å². The number of rotatable bonds is 6. The second-order valence-electron chi connectivity index (χ2n) is 6.26. The Kier molecular flexibility index (Phi) is 7.51. The molecule has 0 saturated heterocycles. The summed E-state index contributed by atoms with van der Waals surface area (Å²) in [5.74, 6) is 0.206. The van der Waals surface area contributed by atoms with Gasteiger partial charge >= 0.3 is 0 Å². The van der Waals surface area contributed by atoms with Gasteiger partial charge in [0, 0.05) is 18.6 Å². The van der Waals surface area contributed by atoms with Gasteiger partial charge in [0.05, 0.1) is 0 Å². The Balaban J connectivity index is 2.49. The zero-order chi connectivity index (χ0) is 17.3. The van der Waals surface area contributed by atoms with Crippen LogP contribution >= 0.6 is 0 Å². The minimum Gasteiger partial charge on any atom is -0.357 e. The first-order valence-corrected chi connectivity index (χ1v) is 7.88. The van der Waals surface area contributed by atoms with E-state index < -0.39 is 0 Å². The summed E-state index contributed by atoms with van der Waals surface area (Å²) < 4.78 is 13.5. The number of carbonyl (C=O) groups excluding carboxylic acids is 1. The molecule has 0 aromatic heterocycles. The van der Waals surface area contributed by atoms with Gasteiger partial charge in [0.25, 0.3) is 0 Å². The molecular formula is C17H27FN4O. The Labute approximate surface area is 137 Å². The van der Waals surface area contributed by atoms with Crippen LogP contribution in [-0.2, 0) is 11.2 Å². The number of benzene rings is 1. The van der Waals surface area contributed by atoms with Gasteiger partial charge < -0.3 is 16.0 Å². The van der Waals surface area contributed by atoms with Crippen molar-refractivity contribution in [1.82, 2.24) is 16.0 Å². The molecule has 0 unspecified atom stereocenters. The van der Waals surface area contributed by atoms with Crippen molar-refractivity contribution in [2.45, 2.75) is 39.7 Å². The van der Waals surface area contributed by atoms with E-state index in [1.807, 2.05) is 33.8 Å². The Bertz CT molecular complexity index is 538. The van der Waals surface area contributed by atoms with Crippen LogP contribution in [0.3, 0.4) is 0 Å². The third kappa shape index (κ3) is 8.18. The number of hydrogen-bond donors (Lipinski definition) is 3. The van der Waals surface area contributed by atoms with Gasteiger partial charge in [-0.3, -0.25) is 4.79 Å². The van der Waals surface area contributed by atoms with Crippen LogP contribution in [0, 0.1) is 5.82 Å². The van der Waals surface area contributed by atoms with Crippen molar-refractivity contribution < 1.29 is 9.18 Å². The smallest absolute Gasteiger partial charge is 0.242 e. The van der Waals surface area contributed by atoms with E-state index >= 15 is 0 Å². The van der Waals surface area contributed by atoms with E-state index in [1.165, 1.54) is 6.07 Å². The second-order valence-corrected chi connectivity index (χ2v) is 6.26. The highest BCUT2D eigenvalue weighted by atomic mass is 19.1. The van der Waals surface area contributed by atoms with Crippen LogP contribution in [0.2, 0.25) is 0 Å². The monoisotopic (exact) mass is 322 g/mol. The third-order valence-electron chi connectivity index (χ3n) is 2.88. The van der Waals surface area contributed by atoms with Crippen molar-refractivity contribution in [3.8, 4) is 0 Å². The number of hydrogen-bond acceptors (Lipinski definition) is 2. The summed E-state index contributed by atoms with van der Waals surface area (Å²) in [6, 6.07) is 6.70. The maximum absolute atomic E-state index is 13.5. The van der Waals surface area contributed by atoms with E-state index in [-0.39, 0.29) is 23.8 Å². The summed E-state index contributed by atoms with van der Waals surface area (Å²) in [4.78, 5) is 16.0. The molecule has 1 aromatic rings. The molecule has 0 aliphatic carbocycles. The lowest BCUT2D eigenvalue weighted by atomic mass is 10.1. The van der Waals surface area contributed by atoms with Gasteiger partial charge in [0.2, 0.25) is 5.91 Å². The summed E-state index contributed by atoms with van der Waals surface area (Å²) >= 11 is 0. The number of nitrogens with one attached hydrogen (secondary N) is 3. The first kappa shape index (κ1) is 18.9. The number of carbonyl (C=O) groups is 1. The lowest BCUT2D eigenvalue weighted by Gasteiger charge is -2.20. The van der Waals surface area contributed by atoms with Crippen LogP contribution in [0.4, 0.5) is 4.39 Å². The van der Waals surface area contributed by atoms with E-state index in [2.05, 4.69) is 20.9 Å². The molecule has 128 valence electrons. The van der Waals surface area contributed by atoms with Crippen molar-refractivity contribution in [2.24, 2.45) is 4.99 Å². The Hall–Kier alpha value is -2.11. The van der Waals surface area contributed by atoms with Gasteiger partial charge in [-0.1, -0.05) is 18.2 Å². The lowest BCUT2D eigenvalue weighted by Crippen LogP contribution is -2.43. The molecule has 0 aliphatic heterocycles. The summed E-state index contributed by atoms with van der Waals surface area (Å²) in [6.07, 6.45) is 0.547. The van der Waals surface area contributed by atoms with Gasteiger partial charge in [0.1, 0.15) is 12.4 Å². The number of guanidine groups is 1. The van der Waals surface area contributed by atoms with Crippen molar-refractivity contribution in [3.63, 3.8) is 0 Å². The molecule has 1 amide bonds. The third-order valence-corrected chi connectivity index (χ3v) is 2.88. The molecule has 1 aromatic carbocycles. The maximum Gasteiger partial charge on any atom is 0.242 e. The van der Waals surface area contributed by atoms with Gasteiger partial charge in [-0.25, -0.2) is 9.38 Å². The molecule has 0 fully saturated rings. The predicted octanol–water partition coefficient (Wildman–Crippen LogP) is 1.84. The van der Waals surface area contributed by atoms with E-state index in [0.29, 0.717) is 31.0 Å². The first-order valence-electron chi connectivity index (χ1n) is 7.88. The molecule has 6 heteroatoms. The van der Waals surface area contributed by atoms with E-state index in [4.69, 9.17) is 0 Å². The highest BCUT2D eigenvalue weighted by molar-refractivity contribution is 5.85. The van der Waals surface area contributed by atoms with Crippen molar-refractivity contribution in [3.05, 3.63) is 35.6 Å². The molecule has 0 saturated carbocycles. The molecule has 0 bridgehead atoms. The average molecular weight is 322 g/mol. The van der Waals surface area contributed by atoms with E-state index in [0.717, 1.165) is 0 Å². The van der Waals surface area contributed by atoms with Crippen molar-refractivity contribution in [2.75, 3.05) is 19.6 Å². The molecule has 0 heterocycles. The summed E-state index contributed by atoms with van der Waals surface area (Å²) in [6.45, 7) is 8.99. The SMILES string of the molecule is CCNC(=NCC(=O)NC(C)(C)C)NCCc1ccccc1F. The lowest BCUT2D eigenvalue weighted by molar-refractivity contribution is -0.121. The van der Waals surface area contributed by atoms with Gasteiger partial charge in [-0.05, 0) is 45.7 Å². The predicted molar refractivity (Wildman–Crippen MR) is 92.0 cm³/mol. The molecule has 3 N–H and O–H groups in total. The minimum atomic E-state index is -0.275. The number of nitrogens with zero attached hydrogens (tertiary/aromatic N) is 1. The largest absolute Gasteiger partial charge is 0.357 e. The van der Waals surface area contributed by atoms with Gasteiger partial charge in [-0.2, -0.15) is 0 Å². The second kappa shape index (κ2) is 9.12. The van der Waals surface area contributed by atoms with Crippen LogP contribution in [0.1, 0.15) is 33.3 Å². The zero-order valence-electron chi connectivity index (χ0n) is 14.4. The zero-order valence-corrected chi connectivity index (χ0v) is 14.4. The summed E-state index contributed by atoms with van der Waals surface area (Å²) in [5.41, 5.74) is 0.379. The molecule has 0 aliphatic rings. The molecular weight excluding hydrogens is 295 g/mol. The normalized spacial score (nSPS) is 12.0. The number of aliphatic imine (C=N–C) groups is 1. The molecule has 5 nitrogen and oxygen atoms in total. The van der Waals surface area contributed by atoms with Crippen molar-refractivity contribution in [1.29, 1.82) is 0 Å². The van der Waals surface area contributed by atoms with Crippen LogP contribution in [-0.4, -0.2) is 37.0 Å². The fourth-order valence-corrected chi connectivity index (χ4v) is 1.97. The number of halogens is 1. The Morgan fingerprint density at radius 1 is 1.22 bits per heavy atom. The quantitative estimate of drug-likeness (QED) is 0.553.